The van der Waals surface area contributed by atoms with Crippen molar-refractivity contribution in [2.45, 2.75) is 58.8 Å². The molecule has 0 spiro atoms. The number of carbonyl (C=O) groups is 2. The maximum Gasteiger partial charge on any atom is 0.305 e. The Morgan fingerprint density at radius 3 is 2.27 bits per heavy atom. The molecule has 0 aromatic heterocycles. The Morgan fingerprint density at radius 2 is 1.67 bits per heavy atom. The van der Waals surface area contributed by atoms with Crippen LogP contribution >= 0.6 is 0 Å². The molecule has 0 amide bonds. The van der Waals surface area contributed by atoms with Crippen molar-refractivity contribution >= 4 is 11.8 Å². The molecule has 0 aliphatic carbocycles. The first kappa shape index (κ1) is 14.1. The van der Waals surface area contributed by atoms with Gasteiger partial charge in [0, 0.05) is 12.8 Å². The molecule has 0 aromatic carbocycles. The molecular weight excluding hydrogens is 192 g/mol. The van der Waals surface area contributed by atoms with Gasteiger partial charge in [0.15, 0.2) is 0 Å². The van der Waals surface area contributed by atoms with Crippen molar-refractivity contribution in [2.75, 3.05) is 6.61 Å². The summed E-state index contributed by atoms with van der Waals surface area (Å²) < 4.78 is 5.00. The van der Waals surface area contributed by atoms with E-state index < -0.39 is 0 Å². The SMILES string of the molecule is CCCCOC(=O)CCCCCC(C)=O. The fourth-order valence-electron chi connectivity index (χ4n) is 1.22. The topological polar surface area (TPSA) is 43.4 Å². The Hall–Kier alpha value is -0.860. The molecule has 0 aromatic rings. The highest BCUT2D eigenvalue weighted by Crippen LogP contribution is 2.04. The van der Waals surface area contributed by atoms with Gasteiger partial charge < -0.3 is 9.53 Å². The fraction of sp³-hybridized carbons (Fsp3) is 0.833. The summed E-state index contributed by atoms with van der Waals surface area (Å²) in [7, 11) is 0. The van der Waals surface area contributed by atoms with Gasteiger partial charge in [-0.05, 0) is 26.2 Å². The number of unbranched alkanes of at least 4 members (excludes halogenated alkanes) is 3. The van der Waals surface area contributed by atoms with Gasteiger partial charge in [0.1, 0.15) is 5.78 Å². The third-order valence-electron chi connectivity index (χ3n) is 2.17. The van der Waals surface area contributed by atoms with E-state index in [1.165, 1.54) is 0 Å². The molecule has 0 aliphatic heterocycles. The summed E-state index contributed by atoms with van der Waals surface area (Å²) in [5.74, 6) is 0.117. The number of hydrogen-bond acceptors (Lipinski definition) is 3. The fourth-order valence-corrected chi connectivity index (χ4v) is 1.22. The van der Waals surface area contributed by atoms with Gasteiger partial charge in [0.05, 0.1) is 6.61 Å². The van der Waals surface area contributed by atoms with Crippen LogP contribution in [-0.4, -0.2) is 18.4 Å². The quantitative estimate of drug-likeness (QED) is 0.438. The second kappa shape index (κ2) is 9.69. The van der Waals surface area contributed by atoms with Gasteiger partial charge in [-0.15, -0.1) is 0 Å². The van der Waals surface area contributed by atoms with Crippen LogP contribution in [0.25, 0.3) is 0 Å². The van der Waals surface area contributed by atoms with Gasteiger partial charge in [0.2, 0.25) is 0 Å². The smallest absolute Gasteiger partial charge is 0.305 e. The lowest BCUT2D eigenvalue weighted by Gasteiger charge is -2.03. The van der Waals surface area contributed by atoms with Crippen LogP contribution in [0.3, 0.4) is 0 Å². The van der Waals surface area contributed by atoms with Crippen LogP contribution in [0.5, 0.6) is 0 Å². The maximum atomic E-state index is 11.1. The van der Waals surface area contributed by atoms with Crippen molar-refractivity contribution in [1.29, 1.82) is 0 Å². The lowest BCUT2D eigenvalue weighted by atomic mass is 10.1. The van der Waals surface area contributed by atoms with E-state index in [1.54, 1.807) is 6.92 Å². The highest BCUT2D eigenvalue weighted by Gasteiger charge is 2.02. The minimum atomic E-state index is -0.105. The summed E-state index contributed by atoms with van der Waals surface area (Å²) in [4.78, 5) is 21.7. The van der Waals surface area contributed by atoms with Crippen LogP contribution < -0.4 is 0 Å². The molecule has 0 unspecified atom stereocenters. The van der Waals surface area contributed by atoms with Crippen LogP contribution in [0.2, 0.25) is 0 Å². The minimum Gasteiger partial charge on any atom is -0.466 e. The first-order valence-corrected chi connectivity index (χ1v) is 5.82. The van der Waals surface area contributed by atoms with E-state index >= 15 is 0 Å². The molecule has 88 valence electrons. The van der Waals surface area contributed by atoms with Gasteiger partial charge in [-0.2, -0.15) is 0 Å². The zero-order valence-electron chi connectivity index (χ0n) is 9.88. The van der Waals surface area contributed by atoms with E-state index in [0.29, 0.717) is 19.4 Å². The van der Waals surface area contributed by atoms with Gasteiger partial charge in [-0.1, -0.05) is 19.8 Å². The Morgan fingerprint density at radius 1 is 1.00 bits per heavy atom. The second-order valence-electron chi connectivity index (χ2n) is 3.84. The summed E-state index contributed by atoms with van der Waals surface area (Å²) in [6.07, 6.45) is 5.76. The highest BCUT2D eigenvalue weighted by molar-refractivity contribution is 5.75. The average molecular weight is 214 g/mol. The normalized spacial score (nSPS) is 10.0. The van der Waals surface area contributed by atoms with E-state index in [0.717, 1.165) is 32.1 Å². The first-order valence-electron chi connectivity index (χ1n) is 5.82. The number of rotatable bonds is 9. The van der Waals surface area contributed by atoms with Crippen molar-refractivity contribution in [1.82, 2.24) is 0 Å². The Balaban J connectivity index is 3.20. The number of ketones is 1. The predicted octanol–water partition coefficient (Wildman–Crippen LogP) is 2.87. The van der Waals surface area contributed by atoms with Gasteiger partial charge in [-0.25, -0.2) is 0 Å². The van der Waals surface area contributed by atoms with E-state index in [4.69, 9.17) is 4.74 Å². The molecule has 3 nitrogen and oxygen atoms in total. The molecule has 0 saturated heterocycles. The summed E-state index contributed by atoms with van der Waals surface area (Å²) >= 11 is 0. The number of esters is 1. The first-order chi connectivity index (χ1) is 7.16. The molecule has 0 rings (SSSR count). The van der Waals surface area contributed by atoms with Gasteiger partial charge in [-0.3, -0.25) is 4.79 Å². The zero-order chi connectivity index (χ0) is 11.5. The predicted molar refractivity (Wildman–Crippen MR) is 59.6 cm³/mol. The van der Waals surface area contributed by atoms with Crippen molar-refractivity contribution < 1.29 is 14.3 Å². The van der Waals surface area contributed by atoms with Crippen LogP contribution in [0.15, 0.2) is 0 Å². The van der Waals surface area contributed by atoms with Crippen molar-refractivity contribution in [3.8, 4) is 0 Å². The average Bonchev–Trinajstić information content (AvgIpc) is 2.17. The molecule has 0 N–H and O–H groups in total. The zero-order valence-corrected chi connectivity index (χ0v) is 9.88. The van der Waals surface area contributed by atoms with Crippen molar-refractivity contribution in [2.24, 2.45) is 0 Å². The third-order valence-corrected chi connectivity index (χ3v) is 2.17. The molecule has 0 heterocycles. The Kier molecular flexibility index (Phi) is 9.13. The molecule has 3 heteroatoms. The summed E-state index contributed by atoms with van der Waals surface area (Å²) in [5, 5.41) is 0. The molecular formula is C12H22O3. The number of Topliss-reactive ketones (excluding diaryl/α,β-unsaturated/α-hetero) is 1. The van der Waals surface area contributed by atoms with Gasteiger partial charge in [0.25, 0.3) is 0 Å². The van der Waals surface area contributed by atoms with E-state index in [1.807, 2.05) is 0 Å². The van der Waals surface area contributed by atoms with E-state index in [2.05, 4.69) is 6.92 Å². The Labute approximate surface area is 92.2 Å². The van der Waals surface area contributed by atoms with E-state index in [9.17, 15) is 9.59 Å². The number of hydrogen-bond donors (Lipinski definition) is 0. The standard InChI is InChI=1S/C12H22O3/c1-3-4-10-15-12(14)9-7-5-6-8-11(2)13/h3-10H2,1-2H3. The monoisotopic (exact) mass is 214 g/mol. The molecule has 0 saturated carbocycles. The molecule has 0 aliphatic rings. The van der Waals surface area contributed by atoms with Crippen LogP contribution in [-0.2, 0) is 14.3 Å². The molecule has 0 bridgehead atoms. The molecule has 15 heavy (non-hydrogen) atoms. The number of carbonyl (C=O) groups excluding carboxylic acids is 2. The second-order valence-corrected chi connectivity index (χ2v) is 3.84. The Bertz CT molecular complexity index is 187. The van der Waals surface area contributed by atoms with Crippen molar-refractivity contribution in [3.63, 3.8) is 0 Å². The summed E-state index contributed by atoms with van der Waals surface area (Å²) in [5.41, 5.74) is 0. The molecule has 0 fully saturated rings. The summed E-state index contributed by atoms with van der Waals surface area (Å²) in [6.45, 7) is 4.21. The van der Waals surface area contributed by atoms with Crippen LogP contribution in [0.1, 0.15) is 58.8 Å². The largest absolute Gasteiger partial charge is 0.466 e. The molecule has 0 radical (unpaired) electrons. The third kappa shape index (κ3) is 11.1. The van der Waals surface area contributed by atoms with Crippen LogP contribution in [0, 0.1) is 0 Å². The highest BCUT2D eigenvalue weighted by atomic mass is 16.5. The minimum absolute atomic E-state index is 0.105. The molecule has 0 atom stereocenters. The lowest BCUT2D eigenvalue weighted by Crippen LogP contribution is -2.05. The van der Waals surface area contributed by atoms with Crippen molar-refractivity contribution in [3.05, 3.63) is 0 Å². The summed E-state index contributed by atoms with van der Waals surface area (Å²) in [6, 6.07) is 0. The number of ether oxygens (including phenoxy) is 1. The van der Waals surface area contributed by atoms with Crippen LogP contribution in [0.4, 0.5) is 0 Å². The maximum absolute atomic E-state index is 11.1. The van der Waals surface area contributed by atoms with E-state index in [-0.39, 0.29) is 11.8 Å². The van der Waals surface area contributed by atoms with Gasteiger partial charge >= 0.3 is 5.97 Å². The lowest BCUT2D eigenvalue weighted by molar-refractivity contribution is -0.143.